The monoisotopic (exact) mass is 293 g/mol. The van der Waals surface area contributed by atoms with Crippen LogP contribution in [-0.2, 0) is 11.3 Å². The lowest BCUT2D eigenvalue weighted by molar-refractivity contribution is -0.120. The predicted octanol–water partition coefficient (Wildman–Crippen LogP) is 2.39. The van der Waals surface area contributed by atoms with Crippen molar-refractivity contribution in [3.05, 3.63) is 30.0 Å². The molecule has 0 saturated carbocycles. The predicted molar refractivity (Wildman–Crippen MR) is 73.0 cm³/mol. The second kappa shape index (κ2) is 4.83. The van der Waals surface area contributed by atoms with Gasteiger partial charge in [-0.25, -0.2) is 13.6 Å². The Bertz CT molecular complexity index is 754. The number of benzene rings is 1. The maximum atomic E-state index is 14.6. The summed E-state index contributed by atoms with van der Waals surface area (Å²) in [6.07, 6.45) is 1.68. The van der Waals surface area contributed by atoms with Crippen LogP contribution in [0.1, 0.15) is 13.3 Å². The van der Waals surface area contributed by atoms with Crippen LogP contribution in [0.15, 0.2) is 18.3 Å². The summed E-state index contributed by atoms with van der Waals surface area (Å²) >= 11 is 0. The topological polar surface area (TPSA) is 54.3 Å². The lowest BCUT2D eigenvalue weighted by Crippen LogP contribution is -2.50. The van der Waals surface area contributed by atoms with Gasteiger partial charge in [0.25, 0.3) is 0 Å². The normalized spacial score (nSPS) is 15.7. The first-order chi connectivity index (χ1) is 10.0. The number of rotatable bonds is 2. The zero-order valence-corrected chi connectivity index (χ0v) is 11.3. The number of imide groups is 1. The Balaban J connectivity index is 2.15. The summed E-state index contributed by atoms with van der Waals surface area (Å²) in [6.45, 7) is 2.41. The zero-order chi connectivity index (χ0) is 15.1. The average Bonchev–Trinajstić information content (AvgIpc) is 2.84. The number of hydrogen-bond acceptors (Lipinski definition) is 2. The summed E-state index contributed by atoms with van der Waals surface area (Å²) in [5.41, 5.74) is 0.0195. The lowest BCUT2D eigenvalue weighted by Gasteiger charge is -2.27. The van der Waals surface area contributed by atoms with Crippen LogP contribution in [0.3, 0.4) is 0 Å². The highest BCUT2D eigenvalue weighted by molar-refractivity contribution is 6.06. The maximum Gasteiger partial charge on any atom is 0.328 e. The van der Waals surface area contributed by atoms with Crippen molar-refractivity contribution in [3.63, 3.8) is 0 Å². The third kappa shape index (κ3) is 2.05. The largest absolute Gasteiger partial charge is 0.348 e. The van der Waals surface area contributed by atoms with Gasteiger partial charge in [-0.1, -0.05) is 0 Å². The van der Waals surface area contributed by atoms with Crippen molar-refractivity contribution in [2.75, 3.05) is 11.4 Å². The van der Waals surface area contributed by atoms with Crippen molar-refractivity contribution in [2.45, 2.75) is 19.9 Å². The second-order valence-electron chi connectivity index (χ2n) is 4.81. The highest BCUT2D eigenvalue weighted by Crippen LogP contribution is 2.32. The molecule has 0 bridgehead atoms. The van der Waals surface area contributed by atoms with Gasteiger partial charge in [0.2, 0.25) is 5.91 Å². The van der Waals surface area contributed by atoms with E-state index in [9.17, 15) is 18.4 Å². The summed E-state index contributed by atoms with van der Waals surface area (Å²) in [5.74, 6) is -2.06. The lowest BCUT2D eigenvalue weighted by atomic mass is 10.1. The first-order valence-corrected chi connectivity index (χ1v) is 6.61. The average molecular weight is 293 g/mol. The second-order valence-corrected chi connectivity index (χ2v) is 4.81. The maximum absolute atomic E-state index is 14.6. The number of amides is 3. The van der Waals surface area contributed by atoms with E-state index in [4.69, 9.17) is 0 Å². The minimum absolute atomic E-state index is 0.0125. The van der Waals surface area contributed by atoms with E-state index in [-0.39, 0.29) is 18.4 Å². The van der Waals surface area contributed by atoms with Gasteiger partial charge in [-0.05, 0) is 13.0 Å². The number of aromatic nitrogens is 1. The molecule has 1 aromatic heterocycles. The summed E-state index contributed by atoms with van der Waals surface area (Å²) in [7, 11) is 0. The van der Waals surface area contributed by atoms with Crippen molar-refractivity contribution in [3.8, 4) is 0 Å². The third-order valence-corrected chi connectivity index (χ3v) is 3.61. The minimum atomic E-state index is -0.821. The number of halogens is 2. The zero-order valence-electron chi connectivity index (χ0n) is 11.3. The molecule has 1 saturated heterocycles. The summed E-state index contributed by atoms with van der Waals surface area (Å²) < 4.78 is 30.6. The van der Waals surface area contributed by atoms with Gasteiger partial charge in [-0.3, -0.25) is 15.0 Å². The Morgan fingerprint density at radius 3 is 2.76 bits per heavy atom. The molecule has 3 amide bonds. The van der Waals surface area contributed by atoms with Gasteiger partial charge >= 0.3 is 6.03 Å². The molecule has 1 aliphatic rings. The summed E-state index contributed by atoms with van der Waals surface area (Å²) in [5, 5.41) is 2.30. The standard InChI is InChI=1S/C14H13F2N3O2/c1-2-18-5-3-8-10(18)7-9(15)13(12(8)16)19-6-4-11(20)17-14(19)21/h3,5,7H,2,4,6H2,1H3,(H,17,20,21). The number of nitrogens with zero attached hydrogens (tertiary/aromatic N) is 2. The van der Waals surface area contributed by atoms with E-state index >= 15 is 0 Å². The number of fused-ring (bicyclic) bond motifs is 1. The number of nitrogens with one attached hydrogen (secondary N) is 1. The van der Waals surface area contributed by atoms with Crippen LogP contribution in [0.25, 0.3) is 10.9 Å². The van der Waals surface area contributed by atoms with Crippen molar-refractivity contribution < 1.29 is 18.4 Å². The molecule has 1 N–H and O–H groups in total. The number of hydrogen-bond donors (Lipinski definition) is 1. The fourth-order valence-electron chi connectivity index (χ4n) is 2.55. The highest BCUT2D eigenvalue weighted by atomic mass is 19.1. The van der Waals surface area contributed by atoms with E-state index in [1.807, 2.05) is 6.92 Å². The molecular weight excluding hydrogens is 280 g/mol. The Labute approximate surface area is 119 Å². The van der Waals surface area contributed by atoms with Gasteiger partial charge < -0.3 is 4.57 Å². The summed E-state index contributed by atoms with van der Waals surface area (Å²) in [4.78, 5) is 23.8. The molecule has 0 spiro atoms. The van der Waals surface area contributed by atoms with Crippen molar-refractivity contribution in [2.24, 2.45) is 0 Å². The summed E-state index contributed by atoms with van der Waals surface area (Å²) in [6, 6.07) is 1.95. The molecule has 2 heterocycles. The van der Waals surface area contributed by atoms with Crippen LogP contribution in [-0.4, -0.2) is 23.1 Å². The fourth-order valence-corrected chi connectivity index (χ4v) is 2.55. The van der Waals surface area contributed by atoms with Gasteiger partial charge in [-0.2, -0.15) is 0 Å². The molecule has 110 valence electrons. The van der Waals surface area contributed by atoms with Crippen LogP contribution in [0.4, 0.5) is 19.3 Å². The quantitative estimate of drug-likeness (QED) is 0.924. The van der Waals surface area contributed by atoms with E-state index < -0.39 is 29.3 Å². The Hall–Kier alpha value is -2.44. The van der Waals surface area contributed by atoms with E-state index in [0.717, 1.165) is 4.90 Å². The van der Waals surface area contributed by atoms with Crippen LogP contribution < -0.4 is 10.2 Å². The van der Waals surface area contributed by atoms with Gasteiger partial charge in [0, 0.05) is 37.2 Å². The van der Waals surface area contributed by atoms with Gasteiger partial charge in [-0.15, -0.1) is 0 Å². The number of urea groups is 1. The Kier molecular flexibility index (Phi) is 3.12. The molecule has 1 fully saturated rings. The number of carbonyl (C=O) groups excluding carboxylic acids is 2. The molecular formula is C14H13F2N3O2. The molecule has 7 heteroatoms. The van der Waals surface area contributed by atoms with Gasteiger partial charge in [0.05, 0.1) is 5.52 Å². The van der Waals surface area contributed by atoms with Gasteiger partial charge in [0.1, 0.15) is 5.69 Å². The Morgan fingerprint density at radius 1 is 1.33 bits per heavy atom. The van der Waals surface area contributed by atoms with Gasteiger partial charge in [0.15, 0.2) is 11.6 Å². The van der Waals surface area contributed by atoms with E-state index in [1.165, 1.54) is 6.07 Å². The minimum Gasteiger partial charge on any atom is -0.348 e. The molecule has 2 aromatic rings. The van der Waals surface area contributed by atoms with E-state index in [0.29, 0.717) is 12.1 Å². The van der Waals surface area contributed by atoms with Crippen molar-refractivity contribution in [1.82, 2.24) is 9.88 Å². The molecule has 5 nitrogen and oxygen atoms in total. The van der Waals surface area contributed by atoms with Crippen LogP contribution in [0.2, 0.25) is 0 Å². The SMILES string of the molecule is CCn1ccc2c(F)c(N3CCC(=O)NC3=O)c(F)cc21. The van der Waals surface area contributed by atoms with Crippen molar-refractivity contribution in [1.29, 1.82) is 0 Å². The third-order valence-electron chi connectivity index (χ3n) is 3.61. The molecule has 0 unspecified atom stereocenters. The first-order valence-electron chi connectivity index (χ1n) is 6.61. The van der Waals surface area contributed by atoms with E-state index in [1.54, 1.807) is 16.8 Å². The molecule has 21 heavy (non-hydrogen) atoms. The van der Waals surface area contributed by atoms with Crippen LogP contribution in [0.5, 0.6) is 0 Å². The molecule has 0 aliphatic carbocycles. The van der Waals surface area contributed by atoms with Crippen molar-refractivity contribution >= 4 is 28.5 Å². The Morgan fingerprint density at radius 2 is 2.10 bits per heavy atom. The molecule has 0 atom stereocenters. The fraction of sp³-hybridized carbons (Fsp3) is 0.286. The number of aryl methyl sites for hydroxylation is 1. The highest BCUT2D eigenvalue weighted by Gasteiger charge is 2.30. The number of carbonyl (C=O) groups is 2. The van der Waals surface area contributed by atoms with Crippen LogP contribution >= 0.6 is 0 Å². The first kappa shape index (κ1) is 13.5. The number of anilines is 1. The molecule has 0 radical (unpaired) electrons. The molecule has 3 rings (SSSR count). The van der Waals surface area contributed by atoms with Crippen LogP contribution in [0, 0.1) is 11.6 Å². The van der Waals surface area contributed by atoms with E-state index in [2.05, 4.69) is 5.32 Å². The molecule has 1 aliphatic heterocycles. The smallest absolute Gasteiger partial charge is 0.328 e. The molecule has 1 aromatic carbocycles.